The molecule has 2 rings (SSSR count). The Hall–Kier alpha value is -1.80. The van der Waals surface area contributed by atoms with Crippen LogP contribution in [0.5, 0.6) is 5.75 Å². The molecule has 0 radical (unpaired) electrons. The van der Waals surface area contributed by atoms with Crippen molar-refractivity contribution in [1.82, 2.24) is 4.72 Å². The highest BCUT2D eigenvalue weighted by Gasteiger charge is 2.26. The molecule has 0 fully saturated rings. The van der Waals surface area contributed by atoms with Crippen LogP contribution in [0.15, 0.2) is 17.0 Å². The van der Waals surface area contributed by atoms with Gasteiger partial charge >= 0.3 is 0 Å². The molecule has 1 aliphatic rings. The Morgan fingerprint density at radius 3 is 2.86 bits per heavy atom. The van der Waals surface area contributed by atoms with E-state index in [-0.39, 0.29) is 11.3 Å². The average molecular weight is 313 g/mol. The van der Waals surface area contributed by atoms with E-state index in [0.29, 0.717) is 18.0 Å². The van der Waals surface area contributed by atoms with Gasteiger partial charge in [0.15, 0.2) is 0 Å². The van der Waals surface area contributed by atoms with E-state index in [1.54, 1.807) is 13.0 Å². The first-order chi connectivity index (χ1) is 9.79. The summed E-state index contributed by atoms with van der Waals surface area (Å²) < 4.78 is 32.8. The molecule has 0 aliphatic carbocycles. The number of nitrogen functional groups attached to an aromatic ring is 1. The largest absolute Gasteiger partial charge is 0.492 e. The highest BCUT2D eigenvalue weighted by atomic mass is 32.2. The van der Waals surface area contributed by atoms with Crippen LogP contribution >= 0.6 is 0 Å². The van der Waals surface area contributed by atoms with Crippen LogP contribution in [0.3, 0.4) is 0 Å². The van der Waals surface area contributed by atoms with Crippen LogP contribution in [0, 0.1) is 0 Å². The lowest BCUT2D eigenvalue weighted by molar-refractivity contribution is -0.118. The maximum atomic E-state index is 12.4. The fourth-order valence-electron chi connectivity index (χ4n) is 2.34. The number of nitrogens with two attached hydrogens (primary N) is 2. The van der Waals surface area contributed by atoms with Crippen molar-refractivity contribution in [2.75, 3.05) is 12.3 Å². The van der Waals surface area contributed by atoms with E-state index in [2.05, 4.69) is 4.72 Å². The molecule has 1 aliphatic heterocycles. The summed E-state index contributed by atoms with van der Waals surface area (Å²) >= 11 is 0. The minimum absolute atomic E-state index is 0.00789. The molecule has 0 bridgehead atoms. The minimum Gasteiger partial charge on any atom is -0.492 e. The Kier molecular flexibility index (Phi) is 4.38. The molecule has 0 saturated heterocycles. The predicted octanol–water partition coefficient (Wildman–Crippen LogP) is 0.136. The van der Waals surface area contributed by atoms with Gasteiger partial charge in [-0.25, -0.2) is 13.1 Å². The standard InChI is InChI=1S/C13H19N3O4S/c1-8(5-12(15)17)16-21(18,19)11-7-10(14)6-9-3-2-4-20-13(9)11/h6-8,16H,2-5,14H2,1H3,(H2,15,17). The van der Waals surface area contributed by atoms with Gasteiger partial charge in [-0.05, 0) is 37.5 Å². The number of carbonyl (C=O) groups is 1. The second-order valence-corrected chi connectivity index (χ2v) is 6.83. The smallest absolute Gasteiger partial charge is 0.244 e. The first-order valence-electron chi connectivity index (χ1n) is 6.65. The molecule has 0 spiro atoms. The third-order valence-corrected chi connectivity index (χ3v) is 4.74. The van der Waals surface area contributed by atoms with E-state index >= 15 is 0 Å². The van der Waals surface area contributed by atoms with Crippen molar-refractivity contribution >= 4 is 21.6 Å². The van der Waals surface area contributed by atoms with E-state index in [0.717, 1.165) is 18.4 Å². The summed E-state index contributed by atoms with van der Waals surface area (Å²) in [5.74, 6) is -0.231. The zero-order valence-corrected chi connectivity index (χ0v) is 12.6. The number of amides is 1. The number of ether oxygens (including phenoxy) is 1. The molecule has 1 atom stereocenters. The molecular weight excluding hydrogens is 294 g/mol. The van der Waals surface area contributed by atoms with Gasteiger partial charge in [-0.15, -0.1) is 0 Å². The second-order valence-electron chi connectivity index (χ2n) is 5.15. The van der Waals surface area contributed by atoms with Crippen molar-refractivity contribution in [1.29, 1.82) is 0 Å². The van der Waals surface area contributed by atoms with Crippen molar-refractivity contribution in [3.8, 4) is 5.75 Å². The van der Waals surface area contributed by atoms with Gasteiger partial charge in [-0.2, -0.15) is 0 Å². The summed E-state index contributed by atoms with van der Waals surface area (Å²) in [7, 11) is -3.83. The molecule has 1 amide bonds. The van der Waals surface area contributed by atoms with E-state index in [1.165, 1.54) is 6.07 Å². The maximum Gasteiger partial charge on any atom is 0.244 e. The fourth-order valence-corrected chi connectivity index (χ4v) is 3.81. The maximum absolute atomic E-state index is 12.4. The van der Waals surface area contributed by atoms with Crippen LogP contribution in [0.4, 0.5) is 5.69 Å². The minimum atomic E-state index is -3.83. The molecule has 116 valence electrons. The number of nitrogens with one attached hydrogen (secondary N) is 1. The number of carbonyl (C=O) groups excluding carboxylic acids is 1. The first-order valence-corrected chi connectivity index (χ1v) is 8.14. The summed E-state index contributed by atoms with van der Waals surface area (Å²) in [5.41, 5.74) is 12.0. The normalized spacial score (nSPS) is 15.9. The molecule has 0 saturated carbocycles. The molecule has 0 aromatic heterocycles. The number of benzene rings is 1. The quantitative estimate of drug-likeness (QED) is 0.667. The number of hydrogen-bond acceptors (Lipinski definition) is 5. The van der Waals surface area contributed by atoms with E-state index in [4.69, 9.17) is 16.2 Å². The van der Waals surface area contributed by atoms with E-state index in [1.807, 2.05) is 0 Å². The summed E-state index contributed by atoms with van der Waals surface area (Å²) in [6, 6.07) is 2.48. The van der Waals surface area contributed by atoms with Gasteiger partial charge in [0, 0.05) is 18.2 Å². The third kappa shape index (κ3) is 3.64. The number of aryl methyl sites for hydroxylation is 1. The fraction of sp³-hybridized carbons (Fsp3) is 0.462. The lowest BCUT2D eigenvalue weighted by Crippen LogP contribution is -2.36. The molecule has 1 unspecified atom stereocenters. The van der Waals surface area contributed by atoms with Crippen molar-refractivity contribution < 1.29 is 17.9 Å². The number of rotatable bonds is 5. The van der Waals surface area contributed by atoms with Crippen LogP contribution in [-0.4, -0.2) is 27.0 Å². The summed E-state index contributed by atoms with van der Waals surface area (Å²) in [6.07, 6.45) is 1.46. The number of anilines is 1. The van der Waals surface area contributed by atoms with E-state index in [9.17, 15) is 13.2 Å². The molecule has 8 heteroatoms. The number of fused-ring (bicyclic) bond motifs is 1. The van der Waals surface area contributed by atoms with Gasteiger partial charge in [-0.3, -0.25) is 4.79 Å². The van der Waals surface area contributed by atoms with Crippen molar-refractivity contribution in [2.24, 2.45) is 5.73 Å². The highest BCUT2D eigenvalue weighted by Crippen LogP contribution is 2.34. The second kappa shape index (κ2) is 5.90. The van der Waals surface area contributed by atoms with Gasteiger partial charge < -0.3 is 16.2 Å². The van der Waals surface area contributed by atoms with Crippen LogP contribution in [0.25, 0.3) is 0 Å². The topological polar surface area (TPSA) is 125 Å². The highest BCUT2D eigenvalue weighted by molar-refractivity contribution is 7.89. The Morgan fingerprint density at radius 1 is 1.48 bits per heavy atom. The van der Waals surface area contributed by atoms with E-state index < -0.39 is 22.0 Å². The predicted molar refractivity (Wildman–Crippen MR) is 78.3 cm³/mol. The zero-order chi connectivity index (χ0) is 15.6. The monoisotopic (exact) mass is 313 g/mol. The summed E-state index contributed by atoms with van der Waals surface area (Å²) in [6.45, 7) is 2.04. The lowest BCUT2D eigenvalue weighted by atomic mass is 10.1. The summed E-state index contributed by atoms with van der Waals surface area (Å²) in [4.78, 5) is 10.9. The number of hydrogen-bond donors (Lipinski definition) is 3. The number of primary amides is 1. The Morgan fingerprint density at radius 2 is 2.19 bits per heavy atom. The van der Waals surface area contributed by atoms with Crippen molar-refractivity contribution in [3.63, 3.8) is 0 Å². The van der Waals surface area contributed by atoms with Crippen LogP contribution in [0.2, 0.25) is 0 Å². The first kappa shape index (κ1) is 15.6. The van der Waals surface area contributed by atoms with Crippen molar-refractivity contribution in [3.05, 3.63) is 17.7 Å². The van der Waals surface area contributed by atoms with Gasteiger partial charge in [0.2, 0.25) is 15.9 Å². The van der Waals surface area contributed by atoms with Gasteiger partial charge in [0.05, 0.1) is 6.61 Å². The molecule has 21 heavy (non-hydrogen) atoms. The Labute approximate surface area is 123 Å². The van der Waals surface area contributed by atoms with Crippen molar-refractivity contribution in [2.45, 2.75) is 37.1 Å². The average Bonchev–Trinajstić information content (AvgIpc) is 2.35. The Bertz CT molecular complexity index is 658. The molecule has 1 heterocycles. The molecule has 1 aromatic rings. The SMILES string of the molecule is CC(CC(N)=O)NS(=O)(=O)c1cc(N)cc2c1OCCC2. The molecule has 7 nitrogen and oxygen atoms in total. The van der Waals surface area contributed by atoms with Gasteiger partial charge in [0.1, 0.15) is 10.6 Å². The zero-order valence-electron chi connectivity index (χ0n) is 11.8. The van der Waals surface area contributed by atoms with Crippen LogP contribution < -0.4 is 20.9 Å². The third-order valence-electron chi connectivity index (χ3n) is 3.14. The molecule has 5 N–H and O–H groups in total. The van der Waals surface area contributed by atoms with Crippen LogP contribution in [0.1, 0.15) is 25.3 Å². The van der Waals surface area contributed by atoms with Gasteiger partial charge in [-0.1, -0.05) is 0 Å². The van der Waals surface area contributed by atoms with Crippen LogP contribution in [-0.2, 0) is 21.2 Å². The summed E-state index contributed by atoms with van der Waals surface area (Å²) in [5, 5.41) is 0. The Balaban J connectivity index is 2.36. The molecule has 1 aromatic carbocycles. The number of sulfonamides is 1. The lowest BCUT2D eigenvalue weighted by Gasteiger charge is -2.22. The molecular formula is C13H19N3O4S. The van der Waals surface area contributed by atoms with Gasteiger partial charge in [0.25, 0.3) is 0 Å².